The predicted molar refractivity (Wildman–Crippen MR) is 77.4 cm³/mol. The highest BCUT2D eigenvalue weighted by molar-refractivity contribution is 5.37. The Balaban J connectivity index is 1.60. The summed E-state index contributed by atoms with van der Waals surface area (Å²) in [5.74, 6) is 1.74. The van der Waals surface area contributed by atoms with Gasteiger partial charge in [-0.05, 0) is 43.9 Å². The maximum Gasteiger partial charge on any atom is 0.123 e. The average molecular weight is 260 g/mol. The number of hydrogen-bond donors (Lipinski definition) is 1. The minimum Gasteiger partial charge on any atom is -0.488 e. The van der Waals surface area contributed by atoms with Crippen LogP contribution in [-0.2, 0) is 6.42 Å². The van der Waals surface area contributed by atoms with Gasteiger partial charge in [-0.15, -0.1) is 0 Å². The van der Waals surface area contributed by atoms with Crippen LogP contribution in [0.15, 0.2) is 24.3 Å². The molecular weight excluding hydrogens is 236 g/mol. The standard InChI is InChI=1S/C16H24N2O/c1-12-6-7-13(9-17)10-18(12)11-15-8-14-4-2-3-5-16(14)19-15/h2-5,12-13,15H,6-11,17H2,1H3. The first-order chi connectivity index (χ1) is 9.26. The summed E-state index contributed by atoms with van der Waals surface area (Å²) in [4.78, 5) is 2.57. The SMILES string of the molecule is CC1CCC(CN)CN1CC1Cc2ccccc2O1. The molecule has 2 N–H and O–H groups in total. The summed E-state index contributed by atoms with van der Waals surface area (Å²) in [6.07, 6.45) is 3.91. The lowest BCUT2D eigenvalue weighted by atomic mass is 9.93. The van der Waals surface area contributed by atoms with Crippen molar-refractivity contribution < 1.29 is 4.74 Å². The molecule has 0 aliphatic carbocycles. The molecule has 104 valence electrons. The predicted octanol–water partition coefficient (Wildman–Crippen LogP) is 2.05. The number of likely N-dealkylation sites (tertiary alicyclic amines) is 1. The molecule has 3 heteroatoms. The number of fused-ring (bicyclic) bond motifs is 1. The first kappa shape index (κ1) is 12.9. The third-order valence-corrected chi connectivity index (χ3v) is 4.59. The molecule has 3 rings (SSSR count). The molecule has 2 heterocycles. The molecule has 1 aromatic carbocycles. The zero-order chi connectivity index (χ0) is 13.2. The molecule has 3 nitrogen and oxygen atoms in total. The van der Waals surface area contributed by atoms with E-state index in [-0.39, 0.29) is 0 Å². The molecule has 2 aliphatic heterocycles. The van der Waals surface area contributed by atoms with Gasteiger partial charge in [0.2, 0.25) is 0 Å². The van der Waals surface area contributed by atoms with E-state index in [2.05, 4.69) is 36.1 Å². The van der Waals surface area contributed by atoms with Gasteiger partial charge in [-0.2, -0.15) is 0 Å². The van der Waals surface area contributed by atoms with Crippen LogP contribution in [0.25, 0.3) is 0 Å². The van der Waals surface area contributed by atoms with Gasteiger partial charge in [-0.25, -0.2) is 0 Å². The highest BCUT2D eigenvalue weighted by atomic mass is 16.5. The van der Waals surface area contributed by atoms with Crippen molar-refractivity contribution in [3.05, 3.63) is 29.8 Å². The first-order valence-electron chi connectivity index (χ1n) is 7.45. The Hall–Kier alpha value is -1.06. The summed E-state index contributed by atoms with van der Waals surface area (Å²) in [5, 5.41) is 0. The van der Waals surface area contributed by atoms with Gasteiger partial charge in [0.25, 0.3) is 0 Å². The molecule has 0 saturated carbocycles. The lowest BCUT2D eigenvalue weighted by Gasteiger charge is -2.38. The Labute approximate surface area is 115 Å². The molecule has 2 aliphatic rings. The van der Waals surface area contributed by atoms with E-state index in [9.17, 15) is 0 Å². The zero-order valence-corrected chi connectivity index (χ0v) is 11.7. The Morgan fingerprint density at radius 3 is 2.95 bits per heavy atom. The van der Waals surface area contributed by atoms with E-state index >= 15 is 0 Å². The summed E-state index contributed by atoms with van der Waals surface area (Å²) in [7, 11) is 0. The fraction of sp³-hybridized carbons (Fsp3) is 0.625. The molecule has 1 saturated heterocycles. The van der Waals surface area contributed by atoms with Gasteiger partial charge in [-0.1, -0.05) is 18.2 Å². The minimum absolute atomic E-state index is 0.316. The maximum absolute atomic E-state index is 6.05. The van der Waals surface area contributed by atoms with Crippen LogP contribution in [0.4, 0.5) is 0 Å². The second-order valence-corrected chi connectivity index (χ2v) is 6.03. The van der Waals surface area contributed by atoms with E-state index in [0.717, 1.165) is 31.8 Å². The summed E-state index contributed by atoms with van der Waals surface area (Å²) in [6, 6.07) is 9.07. The molecular formula is C16H24N2O. The Bertz CT molecular complexity index is 410. The second-order valence-electron chi connectivity index (χ2n) is 6.03. The van der Waals surface area contributed by atoms with E-state index in [1.165, 1.54) is 18.4 Å². The maximum atomic E-state index is 6.05. The van der Waals surface area contributed by atoms with E-state index in [4.69, 9.17) is 10.5 Å². The van der Waals surface area contributed by atoms with Crippen molar-refractivity contribution in [2.45, 2.75) is 38.3 Å². The van der Waals surface area contributed by atoms with Gasteiger partial charge in [0.1, 0.15) is 11.9 Å². The highest BCUT2D eigenvalue weighted by Crippen LogP contribution is 2.30. The Morgan fingerprint density at radius 1 is 1.32 bits per heavy atom. The number of nitrogens with two attached hydrogens (primary N) is 1. The first-order valence-corrected chi connectivity index (χ1v) is 7.45. The fourth-order valence-corrected chi connectivity index (χ4v) is 3.33. The van der Waals surface area contributed by atoms with Gasteiger partial charge < -0.3 is 10.5 Å². The van der Waals surface area contributed by atoms with Crippen molar-refractivity contribution in [3.8, 4) is 5.75 Å². The third kappa shape index (κ3) is 2.77. The van der Waals surface area contributed by atoms with Gasteiger partial charge in [-0.3, -0.25) is 4.90 Å². The van der Waals surface area contributed by atoms with E-state index in [0.29, 0.717) is 18.1 Å². The largest absolute Gasteiger partial charge is 0.488 e. The number of benzene rings is 1. The summed E-state index contributed by atoms with van der Waals surface area (Å²) in [5.41, 5.74) is 7.18. The van der Waals surface area contributed by atoms with Crippen LogP contribution < -0.4 is 10.5 Å². The zero-order valence-electron chi connectivity index (χ0n) is 11.7. The number of ether oxygens (including phenoxy) is 1. The molecule has 19 heavy (non-hydrogen) atoms. The van der Waals surface area contributed by atoms with Crippen molar-refractivity contribution in [2.24, 2.45) is 11.7 Å². The lowest BCUT2D eigenvalue weighted by Crippen LogP contribution is -2.47. The van der Waals surface area contributed by atoms with Crippen LogP contribution >= 0.6 is 0 Å². The normalized spacial score (nSPS) is 30.9. The molecule has 3 unspecified atom stereocenters. The smallest absolute Gasteiger partial charge is 0.123 e. The van der Waals surface area contributed by atoms with Crippen molar-refractivity contribution in [1.82, 2.24) is 4.90 Å². The number of hydrogen-bond acceptors (Lipinski definition) is 3. The van der Waals surface area contributed by atoms with Crippen molar-refractivity contribution >= 4 is 0 Å². The molecule has 0 amide bonds. The number of nitrogens with zero attached hydrogens (tertiary/aromatic N) is 1. The molecule has 1 aromatic rings. The van der Waals surface area contributed by atoms with Crippen LogP contribution in [0.5, 0.6) is 5.75 Å². The summed E-state index contributed by atoms with van der Waals surface area (Å²) >= 11 is 0. The fourth-order valence-electron chi connectivity index (χ4n) is 3.33. The number of rotatable bonds is 3. The van der Waals surface area contributed by atoms with Crippen LogP contribution in [0.3, 0.4) is 0 Å². The molecule has 1 fully saturated rings. The summed E-state index contributed by atoms with van der Waals surface area (Å²) in [6.45, 7) is 5.31. The van der Waals surface area contributed by atoms with Crippen molar-refractivity contribution in [1.29, 1.82) is 0 Å². The third-order valence-electron chi connectivity index (χ3n) is 4.59. The monoisotopic (exact) mass is 260 g/mol. The quantitative estimate of drug-likeness (QED) is 0.904. The number of piperidine rings is 1. The molecule has 0 radical (unpaired) electrons. The highest BCUT2D eigenvalue weighted by Gasteiger charge is 2.30. The summed E-state index contributed by atoms with van der Waals surface area (Å²) < 4.78 is 6.05. The van der Waals surface area contributed by atoms with Crippen LogP contribution in [0.1, 0.15) is 25.3 Å². The Kier molecular flexibility index (Phi) is 3.76. The van der Waals surface area contributed by atoms with E-state index in [1.807, 2.05) is 0 Å². The topological polar surface area (TPSA) is 38.5 Å². The van der Waals surface area contributed by atoms with E-state index < -0.39 is 0 Å². The van der Waals surface area contributed by atoms with Crippen LogP contribution in [0, 0.1) is 5.92 Å². The van der Waals surface area contributed by atoms with E-state index in [1.54, 1.807) is 0 Å². The van der Waals surface area contributed by atoms with Crippen LogP contribution in [-0.4, -0.2) is 36.7 Å². The Morgan fingerprint density at radius 2 is 2.16 bits per heavy atom. The number of para-hydroxylation sites is 1. The average Bonchev–Trinajstić information content (AvgIpc) is 2.83. The minimum atomic E-state index is 0.316. The van der Waals surface area contributed by atoms with Crippen molar-refractivity contribution in [3.63, 3.8) is 0 Å². The van der Waals surface area contributed by atoms with Gasteiger partial charge in [0, 0.05) is 25.6 Å². The molecule has 3 atom stereocenters. The lowest BCUT2D eigenvalue weighted by molar-refractivity contribution is 0.0745. The molecule has 0 spiro atoms. The van der Waals surface area contributed by atoms with Gasteiger partial charge in [0.05, 0.1) is 0 Å². The van der Waals surface area contributed by atoms with Gasteiger partial charge >= 0.3 is 0 Å². The van der Waals surface area contributed by atoms with Gasteiger partial charge in [0.15, 0.2) is 0 Å². The molecule has 0 aromatic heterocycles. The van der Waals surface area contributed by atoms with Crippen molar-refractivity contribution in [2.75, 3.05) is 19.6 Å². The van der Waals surface area contributed by atoms with Crippen LogP contribution in [0.2, 0.25) is 0 Å². The molecule has 0 bridgehead atoms. The second kappa shape index (κ2) is 5.51.